The minimum Gasteiger partial charge on any atom is -0.477 e. The predicted octanol–water partition coefficient (Wildman–Crippen LogP) is 1.13. The Morgan fingerprint density at radius 2 is 2.04 bits per heavy atom. The van der Waals surface area contributed by atoms with Crippen molar-refractivity contribution in [3.05, 3.63) is 52.4 Å². The Bertz CT molecular complexity index is 769. The zero-order valence-corrected chi connectivity index (χ0v) is 12.7. The third-order valence-corrected chi connectivity index (χ3v) is 3.21. The normalized spacial score (nSPS) is 10.3. The van der Waals surface area contributed by atoms with Gasteiger partial charge in [-0.05, 0) is 30.7 Å². The van der Waals surface area contributed by atoms with Crippen LogP contribution in [0.25, 0.3) is 11.4 Å². The molecule has 0 unspecified atom stereocenters. The minimum atomic E-state index is -1.33. The van der Waals surface area contributed by atoms with Gasteiger partial charge in [-0.3, -0.25) is 19.1 Å². The Kier molecular flexibility index (Phi) is 5.24. The van der Waals surface area contributed by atoms with Crippen LogP contribution in [0.3, 0.4) is 0 Å². The molecule has 0 bridgehead atoms. The first-order valence-corrected chi connectivity index (χ1v) is 7.19. The SMILES string of the molecule is CCCNC(=O)Cn1c(-c2ccccn2)ccc(C(=O)O)c1=O. The van der Waals surface area contributed by atoms with Crippen molar-refractivity contribution in [1.82, 2.24) is 14.9 Å². The number of hydrogen-bond donors (Lipinski definition) is 2. The Morgan fingerprint density at radius 3 is 2.65 bits per heavy atom. The summed E-state index contributed by atoms with van der Waals surface area (Å²) in [5, 5.41) is 11.8. The lowest BCUT2D eigenvalue weighted by Crippen LogP contribution is -2.35. The summed E-state index contributed by atoms with van der Waals surface area (Å²) < 4.78 is 1.14. The highest BCUT2D eigenvalue weighted by molar-refractivity contribution is 5.87. The van der Waals surface area contributed by atoms with Crippen LogP contribution in [0.2, 0.25) is 0 Å². The molecule has 0 spiro atoms. The lowest BCUT2D eigenvalue weighted by atomic mass is 10.2. The second kappa shape index (κ2) is 7.35. The van der Waals surface area contributed by atoms with Gasteiger partial charge in [-0.2, -0.15) is 0 Å². The second-order valence-electron chi connectivity index (χ2n) is 4.89. The van der Waals surface area contributed by atoms with Crippen molar-refractivity contribution in [3.8, 4) is 11.4 Å². The fraction of sp³-hybridized carbons (Fsp3) is 0.250. The highest BCUT2D eigenvalue weighted by atomic mass is 16.4. The summed E-state index contributed by atoms with van der Waals surface area (Å²) in [6.45, 7) is 2.15. The van der Waals surface area contributed by atoms with E-state index in [1.54, 1.807) is 24.4 Å². The van der Waals surface area contributed by atoms with E-state index in [1.165, 1.54) is 12.1 Å². The molecule has 0 radical (unpaired) electrons. The smallest absolute Gasteiger partial charge is 0.341 e. The van der Waals surface area contributed by atoms with E-state index in [0.717, 1.165) is 11.0 Å². The summed E-state index contributed by atoms with van der Waals surface area (Å²) in [6, 6.07) is 7.88. The third-order valence-electron chi connectivity index (χ3n) is 3.21. The van der Waals surface area contributed by atoms with Crippen LogP contribution in [-0.2, 0) is 11.3 Å². The van der Waals surface area contributed by atoms with Crippen LogP contribution in [0.4, 0.5) is 0 Å². The van der Waals surface area contributed by atoms with E-state index in [4.69, 9.17) is 5.11 Å². The molecular weight excluding hydrogens is 298 g/mol. The molecule has 0 saturated carbocycles. The standard InChI is InChI=1S/C16H17N3O4/c1-2-8-18-14(20)10-19-13(12-5-3-4-9-17-12)7-6-11(15(19)21)16(22)23/h3-7,9H,2,8,10H2,1H3,(H,18,20)(H,22,23). The van der Waals surface area contributed by atoms with Crippen LogP contribution in [0.5, 0.6) is 0 Å². The maximum absolute atomic E-state index is 12.4. The van der Waals surface area contributed by atoms with E-state index in [1.807, 2.05) is 6.92 Å². The van der Waals surface area contributed by atoms with Gasteiger partial charge in [0.1, 0.15) is 12.1 Å². The lowest BCUT2D eigenvalue weighted by molar-refractivity contribution is -0.121. The minimum absolute atomic E-state index is 0.258. The molecule has 0 saturated heterocycles. The highest BCUT2D eigenvalue weighted by Crippen LogP contribution is 2.15. The molecule has 2 aromatic heterocycles. The van der Waals surface area contributed by atoms with Crippen molar-refractivity contribution in [2.24, 2.45) is 0 Å². The number of nitrogens with one attached hydrogen (secondary N) is 1. The molecule has 2 rings (SSSR count). The molecular formula is C16H17N3O4. The monoisotopic (exact) mass is 315 g/mol. The van der Waals surface area contributed by atoms with E-state index in [0.29, 0.717) is 17.9 Å². The Balaban J connectivity index is 2.50. The van der Waals surface area contributed by atoms with Crippen LogP contribution in [0, 0.1) is 0 Å². The summed E-state index contributed by atoms with van der Waals surface area (Å²) in [5.41, 5.74) is -0.225. The number of pyridine rings is 2. The molecule has 0 aliphatic rings. The van der Waals surface area contributed by atoms with Gasteiger partial charge in [0.05, 0.1) is 11.4 Å². The zero-order valence-electron chi connectivity index (χ0n) is 12.7. The molecule has 7 nitrogen and oxygen atoms in total. The average molecular weight is 315 g/mol. The number of rotatable bonds is 6. The number of hydrogen-bond acceptors (Lipinski definition) is 4. The number of nitrogens with zero attached hydrogens (tertiary/aromatic N) is 2. The van der Waals surface area contributed by atoms with E-state index in [2.05, 4.69) is 10.3 Å². The molecule has 0 aliphatic carbocycles. The summed E-state index contributed by atoms with van der Waals surface area (Å²) >= 11 is 0. The average Bonchev–Trinajstić information content (AvgIpc) is 2.55. The number of carboxylic acids is 1. The van der Waals surface area contributed by atoms with Crippen LogP contribution in [0.1, 0.15) is 23.7 Å². The first-order valence-electron chi connectivity index (χ1n) is 7.19. The molecule has 2 heterocycles. The van der Waals surface area contributed by atoms with E-state index >= 15 is 0 Å². The van der Waals surface area contributed by atoms with E-state index in [-0.39, 0.29) is 18.0 Å². The first kappa shape index (κ1) is 16.4. The predicted molar refractivity (Wildman–Crippen MR) is 84.2 cm³/mol. The molecule has 120 valence electrons. The third kappa shape index (κ3) is 3.82. The second-order valence-corrected chi connectivity index (χ2v) is 4.89. The molecule has 0 atom stereocenters. The summed E-state index contributed by atoms with van der Waals surface area (Å²) in [5.74, 6) is -1.68. The number of aromatic carboxylic acids is 1. The maximum atomic E-state index is 12.4. The number of aromatic nitrogens is 2. The fourth-order valence-corrected chi connectivity index (χ4v) is 2.10. The summed E-state index contributed by atoms with van der Waals surface area (Å²) in [4.78, 5) is 39.6. The molecule has 0 aromatic carbocycles. The van der Waals surface area contributed by atoms with Crippen LogP contribution in [-0.4, -0.2) is 33.1 Å². The van der Waals surface area contributed by atoms with Gasteiger partial charge in [-0.15, -0.1) is 0 Å². The van der Waals surface area contributed by atoms with E-state index in [9.17, 15) is 14.4 Å². The molecule has 1 amide bonds. The molecule has 7 heteroatoms. The fourth-order valence-electron chi connectivity index (χ4n) is 2.10. The van der Waals surface area contributed by atoms with Crippen molar-refractivity contribution in [2.75, 3.05) is 6.54 Å². The van der Waals surface area contributed by atoms with Crippen molar-refractivity contribution < 1.29 is 14.7 Å². The van der Waals surface area contributed by atoms with Crippen molar-refractivity contribution in [2.45, 2.75) is 19.9 Å². The van der Waals surface area contributed by atoms with Gasteiger partial charge in [0.25, 0.3) is 5.56 Å². The topological polar surface area (TPSA) is 101 Å². The van der Waals surface area contributed by atoms with Crippen molar-refractivity contribution >= 4 is 11.9 Å². The van der Waals surface area contributed by atoms with Gasteiger partial charge in [0, 0.05) is 12.7 Å². The van der Waals surface area contributed by atoms with Gasteiger partial charge in [-0.1, -0.05) is 13.0 Å². The van der Waals surface area contributed by atoms with Gasteiger partial charge in [-0.25, -0.2) is 4.79 Å². The summed E-state index contributed by atoms with van der Waals surface area (Å²) in [6.07, 6.45) is 2.33. The molecule has 2 N–H and O–H groups in total. The van der Waals surface area contributed by atoms with Gasteiger partial charge < -0.3 is 10.4 Å². The van der Waals surface area contributed by atoms with Crippen molar-refractivity contribution in [1.29, 1.82) is 0 Å². The molecule has 23 heavy (non-hydrogen) atoms. The Hall–Kier alpha value is -2.96. The number of carbonyl (C=O) groups excluding carboxylic acids is 1. The van der Waals surface area contributed by atoms with E-state index < -0.39 is 11.5 Å². The largest absolute Gasteiger partial charge is 0.477 e. The molecule has 0 aliphatic heterocycles. The van der Waals surface area contributed by atoms with Crippen LogP contribution in [0.15, 0.2) is 41.3 Å². The quantitative estimate of drug-likeness (QED) is 0.832. The van der Waals surface area contributed by atoms with Crippen molar-refractivity contribution in [3.63, 3.8) is 0 Å². The first-order chi connectivity index (χ1) is 11.0. The number of amides is 1. The summed E-state index contributed by atoms with van der Waals surface area (Å²) in [7, 11) is 0. The van der Waals surface area contributed by atoms with Gasteiger partial charge in [0.2, 0.25) is 5.91 Å². The Labute approximate surface area is 132 Å². The van der Waals surface area contributed by atoms with Gasteiger partial charge in [0.15, 0.2) is 0 Å². The highest BCUT2D eigenvalue weighted by Gasteiger charge is 2.17. The lowest BCUT2D eigenvalue weighted by Gasteiger charge is -2.13. The maximum Gasteiger partial charge on any atom is 0.341 e. The number of carbonyl (C=O) groups is 2. The van der Waals surface area contributed by atoms with Crippen LogP contribution >= 0.6 is 0 Å². The molecule has 2 aromatic rings. The van der Waals surface area contributed by atoms with Crippen LogP contribution < -0.4 is 10.9 Å². The van der Waals surface area contributed by atoms with Gasteiger partial charge >= 0.3 is 5.97 Å². The molecule has 0 fully saturated rings. The Morgan fingerprint density at radius 1 is 1.26 bits per heavy atom. The zero-order chi connectivity index (χ0) is 16.8. The number of carboxylic acid groups (broad SMARTS) is 1.